The minimum absolute atomic E-state index is 0.164. The van der Waals surface area contributed by atoms with Crippen molar-refractivity contribution in [2.45, 2.75) is 11.1 Å². The van der Waals surface area contributed by atoms with Gasteiger partial charge in [-0.25, -0.2) is 0 Å². The molecule has 2 heterocycles. The van der Waals surface area contributed by atoms with Gasteiger partial charge < -0.3 is 14.0 Å². The second-order valence-corrected chi connectivity index (χ2v) is 6.44. The fourth-order valence-electron chi connectivity index (χ4n) is 2.37. The van der Waals surface area contributed by atoms with Crippen molar-refractivity contribution in [3.63, 3.8) is 0 Å². The zero-order valence-corrected chi connectivity index (χ0v) is 14.4. The molecular weight excluding hydrogens is 383 g/mol. The average Bonchev–Trinajstić information content (AvgIpc) is 3.03. The van der Waals surface area contributed by atoms with Crippen LogP contribution in [0.15, 0.2) is 51.9 Å². The predicted octanol–water partition coefficient (Wildman–Crippen LogP) is 4.54. The number of benzene rings is 2. The minimum Gasteiger partial charge on any atom is -0.491 e. The molecule has 0 amide bonds. The lowest BCUT2D eigenvalue weighted by molar-refractivity contribution is -0.159. The highest BCUT2D eigenvalue weighted by molar-refractivity contribution is 7.97. The van der Waals surface area contributed by atoms with Crippen LogP contribution in [-0.4, -0.2) is 23.3 Å². The van der Waals surface area contributed by atoms with E-state index in [4.69, 9.17) is 9.47 Å². The van der Waals surface area contributed by atoms with E-state index < -0.39 is 12.1 Å². The topological polar surface area (TPSA) is 69.4 Å². The summed E-state index contributed by atoms with van der Waals surface area (Å²) in [5.41, 5.74) is 0.348. The number of aromatic nitrogens is 2. The largest absolute Gasteiger partial charge is 0.491 e. The van der Waals surface area contributed by atoms with Gasteiger partial charge in [0.2, 0.25) is 5.82 Å². The SMILES string of the molecule is FC(F)(F)c1nc(-c2cccc(Oc3ccc4c(c3)SNCCO4)c2)no1. The molecule has 0 fully saturated rings. The summed E-state index contributed by atoms with van der Waals surface area (Å²) in [6, 6.07) is 11.8. The zero-order chi connectivity index (χ0) is 18.9. The van der Waals surface area contributed by atoms with Gasteiger partial charge in [0.1, 0.15) is 23.9 Å². The number of hydrogen-bond donors (Lipinski definition) is 1. The molecule has 140 valence electrons. The monoisotopic (exact) mass is 395 g/mol. The second kappa shape index (κ2) is 7.12. The van der Waals surface area contributed by atoms with E-state index in [0.29, 0.717) is 23.7 Å². The minimum atomic E-state index is -4.69. The van der Waals surface area contributed by atoms with Crippen LogP contribution < -0.4 is 14.2 Å². The Morgan fingerprint density at radius 1 is 1.11 bits per heavy atom. The van der Waals surface area contributed by atoms with Gasteiger partial charge in [-0.3, -0.25) is 4.72 Å². The van der Waals surface area contributed by atoms with Crippen LogP contribution in [0.25, 0.3) is 11.4 Å². The molecule has 0 aliphatic carbocycles. The van der Waals surface area contributed by atoms with Crippen LogP contribution in [0, 0.1) is 0 Å². The van der Waals surface area contributed by atoms with Crippen molar-refractivity contribution in [1.29, 1.82) is 0 Å². The van der Waals surface area contributed by atoms with E-state index >= 15 is 0 Å². The number of hydrogen-bond acceptors (Lipinski definition) is 7. The van der Waals surface area contributed by atoms with Crippen molar-refractivity contribution < 1.29 is 27.2 Å². The van der Waals surface area contributed by atoms with E-state index in [9.17, 15) is 13.2 Å². The first kappa shape index (κ1) is 17.7. The molecule has 4 rings (SSSR count). The summed E-state index contributed by atoms with van der Waals surface area (Å²) in [6.07, 6.45) is -4.69. The van der Waals surface area contributed by atoms with E-state index in [2.05, 4.69) is 19.4 Å². The molecule has 10 heteroatoms. The third kappa shape index (κ3) is 4.01. The summed E-state index contributed by atoms with van der Waals surface area (Å²) in [5.74, 6) is 0.202. The van der Waals surface area contributed by atoms with E-state index in [1.807, 2.05) is 12.1 Å². The highest BCUT2D eigenvalue weighted by Crippen LogP contribution is 2.35. The molecule has 3 aromatic rings. The van der Waals surface area contributed by atoms with Gasteiger partial charge in [0.25, 0.3) is 0 Å². The van der Waals surface area contributed by atoms with Gasteiger partial charge in [0.15, 0.2) is 0 Å². The van der Waals surface area contributed by atoms with E-state index in [1.54, 1.807) is 30.3 Å². The van der Waals surface area contributed by atoms with Crippen molar-refractivity contribution >= 4 is 11.9 Å². The van der Waals surface area contributed by atoms with Crippen molar-refractivity contribution in [3.05, 3.63) is 48.4 Å². The molecule has 0 atom stereocenters. The number of rotatable bonds is 3. The first-order valence-electron chi connectivity index (χ1n) is 7.85. The number of ether oxygens (including phenoxy) is 2. The molecule has 1 aliphatic heterocycles. The molecule has 0 bridgehead atoms. The van der Waals surface area contributed by atoms with Crippen LogP contribution in [0.3, 0.4) is 0 Å². The smallest absolute Gasteiger partial charge is 0.471 e. The summed E-state index contributed by atoms with van der Waals surface area (Å²) in [6.45, 7) is 1.30. The van der Waals surface area contributed by atoms with E-state index in [-0.39, 0.29) is 5.82 Å². The molecule has 2 aromatic carbocycles. The molecule has 0 saturated heterocycles. The van der Waals surface area contributed by atoms with Crippen LogP contribution in [0.5, 0.6) is 17.2 Å². The summed E-state index contributed by atoms with van der Waals surface area (Å²) in [5, 5.41) is 3.38. The Labute approximate surface area is 155 Å². The number of nitrogens with one attached hydrogen (secondary N) is 1. The van der Waals surface area contributed by atoms with Crippen LogP contribution >= 0.6 is 11.9 Å². The first-order valence-corrected chi connectivity index (χ1v) is 8.66. The van der Waals surface area contributed by atoms with Crippen LogP contribution in [0.2, 0.25) is 0 Å². The molecule has 0 unspecified atom stereocenters. The number of nitrogens with zero attached hydrogens (tertiary/aromatic N) is 2. The first-order chi connectivity index (χ1) is 13.0. The lowest BCUT2D eigenvalue weighted by Gasteiger charge is -2.10. The Balaban J connectivity index is 1.56. The predicted molar refractivity (Wildman–Crippen MR) is 90.6 cm³/mol. The van der Waals surface area contributed by atoms with Crippen LogP contribution in [0.4, 0.5) is 13.2 Å². The molecule has 0 saturated carbocycles. The highest BCUT2D eigenvalue weighted by atomic mass is 32.2. The molecule has 0 spiro atoms. The number of alkyl halides is 3. The molecule has 1 aliphatic rings. The maximum atomic E-state index is 12.6. The third-order valence-electron chi connectivity index (χ3n) is 3.56. The maximum absolute atomic E-state index is 12.6. The van der Waals surface area contributed by atoms with Gasteiger partial charge >= 0.3 is 12.1 Å². The van der Waals surface area contributed by atoms with Crippen molar-refractivity contribution in [1.82, 2.24) is 14.9 Å². The Morgan fingerprint density at radius 3 is 2.78 bits per heavy atom. The fraction of sp³-hybridized carbons (Fsp3) is 0.176. The zero-order valence-electron chi connectivity index (χ0n) is 13.6. The quantitative estimate of drug-likeness (QED) is 0.653. The Hall–Kier alpha value is -2.72. The Morgan fingerprint density at radius 2 is 1.96 bits per heavy atom. The second-order valence-electron chi connectivity index (χ2n) is 5.50. The van der Waals surface area contributed by atoms with Gasteiger partial charge in [-0.05, 0) is 42.3 Å². The maximum Gasteiger partial charge on any atom is 0.471 e. The number of halogens is 3. The molecule has 1 N–H and O–H groups in total. The molecule has 6 nitrogen and oxygen atoms in total. The number of fused-ring (bicyclic) bond motifs is 1. The van der Waals surface area contributed by atoms with Gasteiger partial charge in [-0.1, -0.05) is 17.3 Å². The summed E-state index contributed by atoms with van der Waals surface area (Å²) < 4.78 is 56.7. The standard InChI is InChI=1S/C17H12F3N3O3S/c18-17(19,20)16-22-15(23-26-16)10-2-1-3-11(8-10)25-12-4-5-13-14(9-12)27-21-6-7-24-13/h1-5,8-9,21H,6-7H2. The normalized spacial score (nSPS) is 14.2. The Bertz CT molecular complexity index is 962. The van der Waals surface area contributed by atoms with Gasteiger partial charge in [-0.2, -0.15) is 18.2 Å². The molecule has 1 aromatic heterocycles. The average molecular weight is 395 g/mol. The van der Waals surface area contributed by atoms with E-state index in [0.717, 1.165) is 17.2 Å². The summed E-state index contributed by atoms with van der Waals surface area (Å²) in [7, 11) is 0. The fourth-order valence-corrected chi connectivity index (χ4v) is 3.12. The molecular formula is C17H12F3N3O3S. The lowest BCUT2D eigenvalue weighted by atomic mass is 10.2. The van der Waals surface area contributed by atoms with Crippen LogP contribution in [0.1, 0.15) is 5.89 Å². The van der Waals surface area contributed by atoms with Crippen molar-refractivity contribution in [2.24, 2.45) is 0 Å². The van der Waals surface area contributed by atoms with Crippen molar-refractivity contribution in [3.8, 4) is 28.6 Å². The third-order valence-corrected chi connectivity index (χ3v) is 4.44. The van der Waals surface area contributed by atoms with Crippen molar-refractivity contribution in [2.75, 3.05) is 13.2 Å². The van der Waals surface area contributed by atoms with Crippen LogP contribution in [-0.2, 0) is 6.18 Å². The summed E-state index contributed by atoms with van der Waals surface area (Å²) >= 11 is 1.45. The van der Waals surface area contributed by atoms with Gasteiger partial charge in [0, 0.05) is 12.1 Å². The molecule has 27 heavy (non-hydrogen) atoms. The summed E-state index contributed by atoms with van der Waals surface area (Å²) in [4.78, 5) is 4.26. The Kier molecular flexibility index (Phi) is 4.66. The van der Waals surface area contributed by atoms with E-state index in [1.165, 1.54) is 11.9 Å². The lowest BCUT2D eigenvalue weighted by Crippen LogP contribution is -2.10. The highest BCUT2D eigenvalue weighted by Gasteiger charge is 2.38. The molecule has 0 radical (unpaired) electrons. The van der Waals surface area contributed by atoms with Gasteiger partial charge in [0.05, 0.1) is 4.90 Å². The van der Waals surface area contributed by atoms with Gasteiger partial charge in [-0.15, -0.1) is 0 Å².